The molecule has 0 aromatic heterocycles. The Labute approximate surface area is 235 Å². The van der Waals surface area contributed by atoms with E-state index in [0.29, 0.717) is 31.0 Å². The van der Waals surface area contributed by atoms with Crippen molar-refractivity contribution < 1.29 is 28.6 Å². The summed E-state index contributed by atoms with van der Waals surface area (Å²) in [6, 6.07) is 12.1. The van der Waals surface area contributed by atoms with Crippen LogP contribution in [0.15, 0.2) is 42.5 Å². The average Bonchev–Trinajstić information content (AvgIpc) is 2.95. The second-order valence-corrected chi connectivity index (χ2v) is 10.4. The number of fused-ring (bicyclic) bond motifs is 1. The maximum Gasteiger partial charge on any atom is 0.334 e. The molecule has 2 aromatic carbocycles. The SMILES string of the molecule is COc1ccc(CNC(=O)N2[C@H]3CN(CCc4ccc(OC)c(OC)c4)C(=O)[C@H](C(C)C)N3C(=O)CN2C)cc1. The molecule has 2 atom stereocenters. The third kappa shape index (κ3) is 5.94. The van der Waals surface area contributed by atoms with E-state index in [2.05, 4.69) is 5.32 Å². The summed E-state index contributed by atoms with van der Waals surface area (Å²) < 4.78 is 16.0. The van der Waals surface area contributed by atoms with E-state index in [0.717, 1.165) is 16.9 Å². The van der Waals surface area contributed by atoms with Crippen LogP contribution in [0.5, 0.6) is 17.2 Å². The van der Waals surface area contributed by atoms with Crippen LogP contribution >= 0.6 is 0 Å². The fourth-order valence-electron chi connectivity index (χ4n) is 5.36. The van der Waals surface area contributed by atoms with Gasteiger partial charge in [-0.15, -0.1) is 0 Å². The third-order valence-corrected chi connectivity index (χ3v) is 7.43. The lowest BCUT2D eigenvalue weighted by Crippen LogP contribution is -2.76. The van der Waals surface area contributed by atoms with Gasteiger partial charge in [0.25, 0.3) is 0 Å². The van der Waals surface area contributed by atoms with Gasteiger partial charge < -0.3 is 29.3 Å². The van der Waals surface area contributed by atoms with Crippen LogP contribution < -0.4 is 19.5 Å². The first kappa shape index (κ1) is 29.0. The molecule has 0 bridgehead atoms. The Morgan fingerprint density at radius 1 is 0.975 bits per heavy atom. The molecule has 4 rings (SSSR count). The van der Waals surface area contributed by atoms with E-state index >= 15 is 0 Å². The number of piperazine rings is 1. The number of likely N-dealkylation sites (N-methyl/N-ethyl adjacent to an activating group) is 1. The summed E-state index contributed by atoms with van der Waals surface area (Å²) in [4.78, 5) is 43.8. The molecule has 2 aliphatic rings. The lowest BCUT2D eigenvalue weighted by molar-refractivity contribution is -0.189. The van der Waals surface area contributed by atoms with E-state index in [9.17, 15) is 14.4 Å². The van der Waals surface area contributed by atoms with Gasteiger partial charge in [-0.3, -0.25) is 9.59 Å². The molecule has 0 aliphatic carbocycles. The van der Waals surface area contributed by atoms with Gasteiger partial charge in [-0.25, -0.2) is 14.8 Å². The maximum atomic E-state index is 13.7. The summed E-state index contributed by atoms with van der Waals surface area (Å²) in [5.41, 5.74) is 1.90. The minimum atomic E-state index is -0.665. The summed E-state index contributed by atoms with van der Waals surface area (Å²) in [6.07, 6.45) is -0.0468. The van der Waals surface area contributed by atoms with Gasteiger partial charge in [-0.05, 0) is 47.7 Å². The fraction of sp³-hybridized carbons (Fsp3) is 0.483. The number of ether oxygens (including phenoxy) is 3. The van der Waals surface area contributed by atoms with Crippen LogP contribution in [-0.4, -0.2) is 97.9 Å². The first-order valence-corrected chi connectivity index (χ1v) is 13.4. The molecule has 216 valence electrons. The summed E-state index contributed by atoms with van der Waals surface area (Å²) in [5, 5.41) is 6.17. The number of hydrogen-bond donors (Lipinski definition) is 1. The van der Waals surface area contributed by atoms with Gasteiger partial charge in [0.15, 0.2) is 11.5 Å². The number of benzene rings is 2. The van der Waals surface area contributed by atoms with Crippen LogP contribution in [0, 0.1) is 5.92 Å². The van der Waals surface area contributed by atoms with E-state index in [4.69, 9.17) is 14.2 Å². The number of nitrogens with one attached hydrogen (secondary N) is 1. The van der Waals surface area contributed by atoms with Crippen molar-refractivity contribution in [3.05, 3.63) is 53.6 Å². The van der Waals surface area contributed by atoms with E-state index in [-0.39, 0.29) is 36.9 Å². The van der Waals surface area contributed by atoms with Gasteiger partial charge in [0.1, 0.15) is 18.0 Å². The van der Waals surface area contributed by atoms with Crippen molar-refractivity contribution in [3.63, 3.8) is 0 Å². The minimum absolute atomic E-state index is 0.00853. The number of carbonyl (C=O) groups is 3. The molecule has 0 radical (unpaired) electrons. The number of nitrogens with zero attached hydrogens (tertiary/aromatic N) is 4. The van der Waals surface area contributed by atoms with Crippen molar-refractivity contribution in [3.8, 4) is 17.2 Å². The Morgan fingerprint density at radius 3 is 2.27 bits per heavy atom. The van der Waals surface area contributed by atoms with Gasteiger partial charge in [0.2, 0.25) is 11.8 Å². The molecule has 0 unspecified atom stereocenters. The van der Waals surface area contributed by atoms with Crippen LogP contribution in [0.1, 0.15) is 25.0 Å². The van der Waals surface area contributed by atoms with Crippen molar-refractivity contribution in [1.29, 1.82) is 0 Å². The number of amides is 4. The van der Waals surface area contributed by atoms with Crippen molar-refractivity contribution in [2.24, 2.45) is 5.92 Å². The van der Waals surface area contributed by atoms with Crippen molar-refractivity contribution in [1.82, 2.24) is 25.1 Å². The van der Waals surface area contributed by atoms with E-state index in [1.54, 1.807) is 48.2 Å². The number of hydrazine groups is 1. The summed E-state index contributed by atoms with van der Waals surface area (Å²) in [5.74, 6) is 1.59. The topological polar surface area (TPSA) is 104 Å². The maximum absolute atomic E-state index is 13.7. The predicted molar refractivity (Wildman–Crippen MR) is 149 cm³/mol. The van der Waals surface area contributed by atoms with Gasteiger partial charge in [0.05, 0.1) is 34.4 Å². The molecular formula is C29H39N5O6. The number of urea groups is 1. The van der Waals surface area contributed by atoms with Crippen LogP contribution in [0.3, 0.4) is 0 Å². The van der Waals surface area contributed by atoms with E-state index in [1.165, 1.54) is 0 Å². The van der Waals surface area contributed by atoms with E-state index in [1.807, 2.05) is 56.3 Å². The van der Waals surface area contributed by atoms with Gasteiger partial charge in [-0.2, -0.15) is 0 Å². The molecule has 0 spiro atoms. The number of methoxy groups -OCH3 is 3. The van der Waals surface area contributed by atoms with Gasteiger partial charge >= 0.3 is 6.03 Å². The van der Waals surface area contributed by atoms with Crippen LogP contribution in [0.4, 0.5) is 4.79 Å². The molecule has 11 nitrogen and oxygen atoms in total. The molecule has 11 heteroatoms. The summed E-state index contributed by atoms with van der Waals surface area (Å²) in [7, 11) is 6.50. The monoisotopic (exact) mass is 553 g/mol. The minimum Gasteiger partial charge on any atom is -0.497 e. The second-order valence-electron chi connectivity index (χ2n) is 10.4. The average molecular weight is 554 g/mol. The zero-order valence-electron chi connectivity index (χ0n) is 24.0. The molecular weight excluding hydrogens is 514 g/mol. The quantitative estimate of drug-likeness (QED) is 0.509. The predicted octanol–water partition coefficient (Wildman–Crippen LogP) is 2.35. The first-order valence-electron chi connectivity index (χ1n) is 13.4. The van der Waals surface area contributed by atoms with Crippen molar-refractivity contribution >= 4 is 17.8 Å². The molecule has 4 amide bonds. The largest absolute Gasteiger partial charge is 0.497 e. The molecule has 2 aromatic rings. The first-order chi connectivity index (χ1) is 19.2. The highest BCUT2D eigenvalue weighted by atomic mass is 16.5. The van der Waals surface area contributed by atoms with Crippen LogP contribution in [-0.2, 0) is 22.6 Å². The van der Waals surface area contributed by atoms with Gasteiger partial charge in [-0.1, -0.05) is 32.0 Å². The smallest absolute Gasteiger partial charge is 0.334 e. The Morgan fingerprint density at radius 2 is 1.65 bits per heavy atom. The number of carbonyl (C=O) groups excluding carboxylic acids is 3. The summed E-state index contributed by atoms with van der Waals surface area (Å²) >= 11 is 0. The normalized spacial score (nSPS) is 19.5. The Hall–Kier alpha value is -3.99. The Kier molecular flexibility index (Phi) is 9.03. The zero-order chi connectivity index (χ0) is 29.0. The number of rotatable bonds is 9. The highest BCUT2D eigenvalue weighted by Gasteiger charge is 2.51. The van der Waals surface area contributed by atoms with Crippen molar-refractivity contribution in [2.75, 3.05) is 48.0 Å². The van der Waals surface area contributed by atoms with E-state index < -0.39 is 12.2 Å². The Bertz CT molecular complexity index is 1220. The van der Waals surface area contributed by atoms with Crippen LogP contribution in [0.2, 0.25) is 0 Å². The fourth-order valence-corrected chi connectivity index (χ4v) is 5.36. The highest BCUT2D eigenvalue weighted by molar-refractivity contribution is 5.91. The summed E-state index contributed by atoms with van der Waals surface area (Å²) in [6.45, 7) is 4.81. The van der Waals surface area contributed by atoms with Gasteiger partial charge in [0, 0.05) is 20.1 Å². The lowest BCUT2D eigenvalue weighted by Gasteiger charge is -2.55. The molecule has 2 aliphatic heterocycles. The molecule has 1 N–H and O–H groups in total. The molecule has 2 heterocycles. The van der Waals surface area contributed by atoms with Crippen molar-refractivity contribution in [2.45, 2.75) is 39.0 Å². The standard InChI is InChI=1S/C29H39N5O6/c1-19(2)27-28(36)32(14-13-20-9-12-23(39-5)24(15-20)40-6)17-25-33(27)26(35)18-31(3)34(25)29(37)30-16-21-7-10-22(38-4)11-8-21/h7-12,15,19,25,27H,13-14,16-18H2,1-6H3,(H,30,37)/t25-,27-/m0/s1. The van der Waals surface area contributed by atoms with Crippen LogP contribution in [0.25, 0.3) is 0 Å². The second kappa shape index (κ2) is 12.5. The third-order valence-electron chi connectivity index (χ3n) is 7.43. The molecule has 2 fully saturated rings. The number of hydrogen-bond acceptors (Lipinski definition) is 7. The molecule has 0 saturated carbocycles. The highest BCUT2D eigenvalue weighted by Crippen LogP contribution is 2.31. The molecule has 2 saturated heterocycles. The zero-order valence-corrected chi connectivity index (χ0v) is 24.0. The Balaban J connectivity index is 1.54. The molecule has 40 heavy (non-hydrogen) atoms. The lowest BCUT2D eigenvalue weighted by atomic mass is 9.96.